The Morgan fingerprint density at radius 3 is 3.06 bits per heavy atom. The van der Waals surface area contributed by atoms with Crippen LogP contribution in [0.3, 0.4) is 0 Å². The molecule has 2 unspecified atom stereocenters. The molecule has 1 aliphatic carbocycles. The van der Waals surface area contributed by atoms with E-state index in [-0.39, 0.29) is 0 Å². The van der Waals surface area contributed by atoms with E-state index < -0.39 is 0 Å². The van der Waals surface area contributed by atoms with Gasteiger partial charge in [-0.3, -0.25) is 0 Å². The molecule has 0 radical (unpaired) electrons. The summed E-state index contributed by atoms with van der Waals surface area (Å²) in [7, 11) is 1.83. The Balaban J connectivity index is 1.65. The van der Waals surface area contributed by atoms with Crippen LogP contribution in [0.2, 0.25) is 0 Å². The second-order valence-electron chi connectivity index (χ2n) is 4.85. The molecule has 0 saturated heterocycles. The third kappa shape index (κ3) is 4.17. The fourth-order valence-corrected chi connectivity index (χ4v) is 2.56. The van der Waals surface area contributed by atoms with Crippen LogP contribution in [0.5, 0.6) is 0 Å². The van der Waals surface area contributed by atoms with Crippen molar-refractivity contribution in [2.75, 3.05) is 13.7 Å². The Bertz CT molecular complexity index is 297. The highest BCUT2D eigenvalue weighted by molar-refractivity contribution is 4.98. The predicted molar refractivity (Wildman–Crippen MR) is 68.1 cm³/mol. The van der Waals surface area contributed by atoms with E-state index >= 15 is 0 Å². The molecule has 17 heavy (non-hydrogen) atoms. The minimum atomic E-state index is 0.479. The van der Waals surface area contributed by atoms with Gasteiger partial charge in [0.05, 0.1) is 12.4 Å². The Morgan fingerprint density at radius 2 is 2.29 bits per heavy atom. The maximum absolute atomic E-state index is 5.44. The van der Waals surface area contributed by atoms with Gasteiger partial charge in [0.15, 0.2) is 0 Å². The quantitative estimate of drug-likeness (QED) is 0.800. The molecular formula is C14H23NO2. The van der Waals surface area contributed by atoms with Crippen LogP contribution in [-0.4, -0.2) is 25.8 Å². The smallest absolute Gasteiger partial charge is 0.105 e. The van der Waals surface area contributed by atoms with Crippen LogP contribution in [-0.2, 0) is 11.2 Å². The van der Waals surface area contributed by atoms with Crippen molar-refractivity contribution >= 4 is 0 Å². The minimum Gasteiger partial charge on any atom is -0.469 e. The summed E-state index contributed by atoms with van der Waals surface area (Å²) in [5.74, 6) is 1.07. The molecule has 3 heteroatoms. The van der Waals surface area contributed by atoms with Crippen molar-refractivity contribution in [3.8, 4) is 0 Å². The van der Waals surface area contributed by atoms with E-state index in [0.29, 0.717) is 12.1 Å². The Hall–Kier alpha value is -0.800. The van der Waals surface area contributed by atoms with Gasteiger partial charge in [-0.1, -0.05) is 0 Å². The Morgan fingerprint density at radius 1 is 1.35 bits per heavy atom. The molecule has 1 N–H and O–H groups in total. The maximum Gasteiger partial charge on any atom is 0.105 e. The summed E-state index contributed by atoms with van der Waals surface area (Å²) in [5, 5.41) is 3.63. The van der Waals surface area contributed by atoms with Crippen LogP contribution >= 0.6 is 0 Å². The van der Waals surface area contributed by atoms with Crippen molar-refractivity contribution in [1.82, 2.24) is 5.32 Å². The monoisotopic (exact) mass is 237 g/mol. The first-order valence-corrected chi connectivity index (χ1v) is 6.67. The normalized spacial score (nSPS) is 25.7. The molecule has 2 atom stereocenters. The zero-order chi connectivity index (χ0) is 11.9. The molecular weight excluding hydrogens is 214 g/mol. The molecule has 1 heterocycles. The van der Waals surface area contributed by atoms with E-state index in [4.69, 9.17) is 9.15 Å². The average molecular weight is 237 g/mol. The summed E-state index contributed by atoms with van der Waals surface area (Å²) in [6.45, 7) is 1.01. The van der Waals surface area contributed by atoms with Crippen molar-refractivity contribution in [2.24, 2.45) is 0 Å². The summed E-state index contributed by atoms with van der Waals surface area (Å²) in [4.78, 5) is 0. The van der Waals surface area contributed by atoms with Crippen LogP contribution in [0, 0.1) is 0 Å². The highest BCUT2D eigenvalue weighted by Crippen LogP contribution is 2.19. The SMILES string of the molecule is COC1CCCC(NCCc2ccco2)CC1. The lowest BCUT2D eigenvalue weighted by atomic mass is 10.1. The summed E-state index contributed by atoms with van der Waals surface area (Å²) < 4.78 is 10.8. The van der Waals surface area contributed by atoms with Crippen LogP contribution in [0.1, 0.15) is 37.9 Å². The summed E-state index contributed by atoms with van der Waals surface area (Å²) in [6, 6.07) is 4.64. The lowest BCUT2D eigenvalue weighted by Gasteiger charge is -2.16. The molecule has 0 amide bonds. The molecule has 1 aromatic heterocycles. The predicted octanol–water partition coefficient (Wildman–Crippen LogP) is 2.76. The van der Waals surface area contributed by atoms with Crippen LogP contribution in [0.15, 0.2) is 22.8 Å². The molecule has 0 bridgehead atoms. The third-order valence-corrected chi connectivity index (χ3v) is 3.63. The molecule has 0 spiro atoms. The van der Waals surface area contributed by atoms with E-state index in [0.717, 1.165) is 18.7 Å². The van der Waals surface area contributed by atoms with Gasteiger partial charge in [-0.25, -0.2) is 0 Å². The van der Waals surface area contributed by atoms with Crippen molar-refractivity contribution in [2.45, 2.75) is 50.7 Å². The zero-order valence-corrected chi connectivity index (χ0v) is 10.7. The number of furan rings is 1. The molecule has 1 aliphatic rings. The van der Waals surface area contributed by atoms with Gasteiger partial charge in [0, 0.05) is 26.1 Å². The lowest BCUT2D eigenvalue weighted by Crippen LogP contribution is -2.30. The van der Waals surface area contributed by atoms with Crippen molar-refractivity contribution in [1.29, 1.82) is 0 Å². The third-order valence-electron chi connectivity index (χ3n) is 3.63. The van der Waals surface area contributed by atoms with Gasteiger partial charge >= 0.3 is 0 Å². The first kappa shape index (κ1) is 12.7. The highest BCUT2D eigenvalue weighted by Gasteiger charge is 2.17. The van der Waals surface area contributed by atoms with E-state index in [1.807, 2.05) is 19.2 Å². The summed E-state index contributed by atoms with van der Waals surface area (Å²) in [5.41, 5.74) is 0. The van der Waals surface area contributed by atoms with Gasteiger partial charge in [0.2, 0.25) is 0 Å². The van der Waals surface area contributed by atoms with Gasteiger partial charge in [0.25, 0.3) is 0 Å². The number of methoxy groups -OCH3 is 1. The standard InChI is InChI=1S/C14H23NO2/c1-16-13-5-2-4-12(7-8-13)15-10-9-14-6-3-11-17-14/h3,6,11-13,15H,2,4-5,7-10H2,1H3. The topological polar surface area (TPSA) is 34.4 Å². The fraction of sp³-hybridized carbons (Fsp3) is 0.714. The molecule has 2 rings (SSSR count). The first-order chi connectivity index (χ1) is 8.38. The molecule has 3 nitrogen and oxygen atoms in total. The van der Waals surface area contributed by atoms with E-state index in [1.54, 1.807) is 6.26 Å². The van der Waals surface area contributed by atoms with Crippen LogP contribution in [0.25, 0.3) is 0 Å². The minimum absolute atomic E-state index is 0.479. The van der Waals surface area contributed by atoms with Gasteiger partial charge in [-0.2, -0.15) is 0 Å². The maximum atomic E-state index is 5.44. The van der Waals surface area contributed by atoms with Gasteiger partial charge < -0.3 is 14.5 Å². The van der Waals surface area contributed by atoms with E-state index in [1.165, 1.54) is 32.1 Å². The largest absolute Gasteiger partial charge is 0.469 e. The van der Waals surface area contributed by atoms with Gasteiger partial charge in [-0.15, -0.1) is 0 Å². The Kier molecular flexibility index (Phi) is 5.08. The molecule has 96 valence electrons. The lowest BCUT2D eigenvalue weighted by molar-refractivity contribution is 0.0894. The first-order valence-electron chi connectivity index (χ1n) is 6.67. The van der Waals surface area contributed by atoms with E-state index in [2.05, 4.69) is 5.32 Å². The number of hydrogen-bond acceptors (Lipinski definition) is 3. The molecule has 1 aromatic rings. The second-order valence-corrected chi connectivity index (χ2v) is 4.85. The molecule has 0 aliphatic heterocycles. The number of nitrogens with one attached hydrogen (secondary N) is 1. The zero-order valence-electron chi connectivity index (χ0n) is 10.7. The van der Waals surface area contributed by atoms with Crippen molar-refractivity contribution < 1.29 is 9.15 Å². The average Bonchev–Trinajstić information content (AvgIpc) is 2.75. The van der Waals surface area contributed by atoms with Crippen LogP contribution < -0.4 is 5.32 Å². The highest BCUT2D eigenvalue weighted by atomic mass is 16.5. The summed E-state index contributed by atoms with van der Waals surface area (Å²) >= 11 is 0. The Labute approximate surface area is 104 Å². The van der Waals surface area contributed by atoms with Gasteiger partial charge in [-0.05, 0) is 44.2 Å². The molecule has 1 saturated carbocycles. The molecule has 0 aromatic carbocycles. The van der Waals surface area contributed by atoms with Crippen molar-refractivity contribution in [3.05, 3.63) is 24.2 Å². The fourth-order valence-electron chi connectivity index (χ4n) is 2.56. The van der Waals surface area contributed by atoms with Gasteiger partial charge in [0.1, 0.15) is 5.76 Å². The van der Waals surface area contributed by atoms with Crippen LogP contribution in [0.4, 0.5) is 0 Å². The molecule has 1 fully saturated rings. The number of ether oxygens (including phenoxy) is 1. The van der Waals surface area contributed by atoms with E-state index in [9.17, 15) is 0 Å². The number of rotatable bonds is 5. The second kappa shape index (κ2) is 6.82. The number of hydrogen-bond donors (Lipinski definition) is 1. The van der Waals surface area contributed by atoms with Crippen molar-refractivity contribution in [3.63, 3.8) is 0 Å². The summed E-state index contributed by atoms with van der Waals surface area (Å²) in [6.07, 6.45) is 9.39.